The van der Waals surface area contributed by atoms with E-state index in [9.17, 15) is 0 Å². The molecule has 3 rings (SSSR count). The molecule has 0 bridgehead atoms. The van der Waals surface area contributed by atoms with Crippen LogP contribution in [0.25, 0.3) is 0 Å². The predicted octanol–water partition coefficient (Wildman–Crippen LogP) is 4.67. The minimum absolute atomic E-state index is 0.948. The van der Waals surface area contributed by atoms with Crippen molar-refractivity contribution < 1.29 is 0 Å². The zero-order valence-electron chi connectivity index (χ0n) is 11.4. The zero-order valence-corrected chi connectivity index (χ0v) is 11.4. The summed E-state index contributed by atoms with van der Waals surface area (Å²) in [6.07, 6.45) is 1.93. The fourth-order valence-electron chi connectivity index (χ4n) is 2.43. The molecule has 0 fully saturated rings. The van der Waals surface area contributed by atoms with E-state index in [2.05, 4.69) is 78.9 Å². The molecule has 0 unspecified atom stereocenters. The van der Waals surface area contributed by atoms with E-state index in [0.29, 0.717) is 0 Å². The smallest absolute Gasteiger partial charge is 0.00195 e. The zero-order chi connectivity index (χ0) is 13.6. The maximum Gasteiger partial charge on any atom is -0.00195 e. The van der Waals surface area contributed by atoms with Crippen LogP contribution in [0, 0.1) is 6.07 Å². The van der Waals surface area contributed by atoms with Gasteiger partial charge in [0.05, 0.1) is 0 Å². The van der Waals surface area contributed by atoms with E-state index in [0.717, 1.165) is 12.8 Å². The quantitative estimate of drug-likeness (QED) is 0.637. The number of rotatable bonds is 4. The summed E-state index contributed by atoms with van der Waals surface area (Å²) >= 11 is 0. The highest BCUT2D eigenvalue weighted by molar-refractivity contribution is 5.32. The van der Waals surface area contributed by atoms with Crippen molar-refractivity contribution >= 4 is 0 Å². The third kappa shape index (κ3) is 3.36. The molecule has 0 spiro atoms. The molecule has 0 aliphatic rings. The van der Waals surface area contributed by atoms with Gasteiger partial charge in [-0.3, -0.25) is 0 Å². The van der Waals surface area contributed by atoms with Crippen molar-refractivity contribution in [3.05, 3.63) is 107 Å². The molecule has 20 heavy (non-hydrogen) atoms. The van der Waals surface area contributed by atoms with Gasteiger partial charge in [-0.2, -0.15) is 0 Å². The Balaban J connectivity index is 1.76. The molecule has 1 radical (unpaired) electrons. The maximum atomic E-state index is 3.34. The van der Waals surface area contributed by atoms with Crippen LogP contribution in [-0.2, 0) is 12.8 Å². The van der Waals surface area contributed by atoms with Crippen LogP contribution in [0.15, 0.2) is 78.9 Å². The molecule has 3 aromatic carbocycles. The van der Waals surface area contributed by atoms with Gasteiger partial charge in [0.2, 0.25) is 0 Å². The highest BCUT2D eigenvalue weighted by Gasteiger charge is 2.00. The molecule has 0 N–H and O–H groups in total. The van der Waals surface area contributed by atoms with Crippen LogP contribution in [0.5, 0.6) is 0 Å². The molecule has 0 amide bonds. The van der Waals surface area contributed by atoms with Gasteiger partial charge in [-0.25, -0.2) is 0 Å². The Hall–Kier alpha value is -2.34. The molecule has 0 atom stereocenters. The summed E-state index contributed by atoms with van der Waals surface area (Å²) in [5.41, 5.74) is 5.29. The Morgan fingerprint density at radius 1 is 0.600 bits per heavy atom. The van der Waals surface area contributed by atoms with E-state index in [1.54, 1.807) is 0 Å². The standard InChI is InChI=1S/C20H17/c1-3-8-17(9-4-1)14-19-12-7-13-20(16-19)15-18-10-5-2-6-11-18/h1-12,16H,14-15H2. The van der Waals surface area contributed by atoms with Crippen LogP contribution in [0.4, 0.5) is 0 Å². The Morgan fingerprint density at radius 2 is 1.20 bits per heavy atom. The predicted molar refractivity (Wildman–Crippen MR) is 83.8 cm³/mol. The third-order valence-electron chi connectivity index (χ3n) is 3.41. The van der Waals surface area contributed by atoms with E-state index >= 15 is 0 Å². The topological polar surface area (TPSA) is 0 Å². The van der Waals surface area contributed by atoms with Gasteiger partial charge < -0.3 is 0 Å². The second kappa shape index (κ2) is 6.21. The van der Waals surface area contributed by atoms with Crippen LogP contribution in [0.2, 0.25) is 0 Å². The lowest BCUT2D eigenvalue weighted by Gasteiger charge is -2.06. The molecule has 3 aromatic rings. The van der Waals surface area contributed by atoms with Gasteiger partial charge in [-0.05, 0) is 41.2 Å². The van der Waals surface area contributed by atoms with E-state index < -0.39 is 0 Å². The molecule has 97 valence electrons. The van der Waals surface area contributed by atoms with E-state index in [1.807, 2.05) is 6.07 Å². The first-order chi connectivity index (χ1) is 9.90. The number of hydrogen-bond acceptors (Lipinski definition) is 0. The summed E-state index contributed by atoms with van der Waals surface area (Å²) in [7, 11) is 0. The van der Waals surface area contributed by atoms with Crippen LogP contribution >= 0.6 is 0 Å². The summed E-state index contributed by atoms with van der Waals surface area (Å²) < 4.78 is 0. The van der Waals surface area contributed by atoms with Gasteiger partial charge >= 0.3 is 0 Å². The number of benzene rings is 3. The molecular weight excluding hydrogens is 240 g/mol. The van der Waals surface area contributed by atoms with Crippen molar-refractivity contribution in [1.82, 2.24) is 0 Å². The van der Waals surface area contributed by atoms with Gasteiger partial charge in [0, 0.05) is 0 Å². The summed E-state index contributed by atoms with van der Waals surface area (Å²) in [4.78, 5) is 0. The summed E-state index contributed by atoms with van der Waals surface area (Å²) in [6, 6.07) is 30.9. The molecular formula is C20H17. The van der Waals surface area contributed by atoms with Crippen molar-refractivity contribution in [3.8, 4) is 0 Å². The Kier molecular flexibility index (Phi) is 3.93. The van der Waals surface area contributed by atoms with Gasteiger partial charge in [0.25, 0.3) is 0 Å². The lowest BCUT2D eigenvalue weighted by molar-refractivity contribution is 1.14. The van der Waals surface area contributed by atoms with Crippen molar-refractivity contribution in [2.75, 3.05) is 0 Å². The lowest BCUT2D eigenvalue weighted by atomic mass is 9.99. The normalized spacial score (nSPS) is 10.4. The highest BCUT2D eigenvalue weighted by atomic mass is 14.0. The Labute approximate surface area is 120 Å². The summed E-state index contributed by atoms with van der Waals surface area (Å²) in [5, 5.41) is 0. The van der Waals surface area contributed by atoms with Crippen molar-refractivity contribution in [2.24, 2.45) is 0 Å². The van der Waals surface area contributed by atoms with Crippen LogP contribution in [-0.4, -0.2) is 0 Å². The lowest BCUT2D eigenvalue weighted by Crippen LogP contribution is -1.92. The van der Waals surface area contributed by atoms with E-state index in [4.69, 9.17) is 0 Å². The Morgan fingerprint density at radius 3 is 1.85 bits per heavy atom. The van der Waals surface area contributed by atoms with Crippen LogP contribution in [0.3, 0.4) is 0 Å². The largest absolute Gasteiger partial charge is 0.0622 e. The number of hydrogen-bond donors (Lipinski definition) is 0. The molecule has 0 heteroatoms. The SMILES string of the molecule is [c]1ccc(Cc2ccccc2)cc1Cc1ccccc1. The van der Waals surface area contributed by atoms with Crippen molar-refractivity contribution in [3.63, 3.8) is 0 Å². The van der Waals surface area contributed by atoms with Crippen molar-refractivity contribution in [2.45, 2.75) is 12.8 Å². The molecule has 0 aliphatic carbocycles. The second-order valence-corrected chi connectivity index (χ2v) is 5.05. The van der Waals surface area contributed by atoms with Crippen LogP contribution in [0.1, 0.15) is 22.3 Å². The fourth-order valence-corrected chi connectivity index (χ4v) is 2.43. The summed E-state index contributed by atoms with van der Waals surface area (Å²) in [6.45, 7) is 0. The van der Waals surface area contributed by atoms with Crippen LogP contribution < -0.4 is 0 Å². The van der Waals surface area contributed by atoms with Gasteiger partial charge in [0.1, 0.15) is 0 Å². The molecule has 0 saturated carbocycles. The first kappa shape index (κ1) is 12.7. The minimum atomic E-state index is 0.948. The monoisotopic (exact) mass is 257 g/mol. The van der Waals surface area contributed by atoms with E-state index in [1.165, 1.54) is 22.3 Å². The molecule has 0 aliphatic heterocycles. The minimum Gasteiger partial charge on any atom is -0.0622 e. The molecule has 0 heterocycles. The highest BCUT2D eigenvalue weighted by Crippen LogP contribution is 2.14. The first-order valence-corrected chi connectivity index (χ1v) is 6.97. The molecule has 0 saturated heterocycles. The van der Waals surface area contributed by atoms with Crippen molar-refractivity contribution in [1.29, 1.82) is 0 Å². The molecule has 0 aromatic heterocycles. The van der Waals surface area contributed by atoms with Gasteiger partial charge in [0.15, 0.2) is 0 Å². The average molecular weight is 257 g/mol. The maximum absolute atomic E-state index is 3.34. The fraction of sp³-hybridized carbons (Fsp3) is 0.100. The second-order valence-electron chi connectivity index (χ2n) is 5.05. The Bertz CT molecular complexity index is 597. The molecule has 0 nitrogen and oxygen atoms in total. The third-order valence-corrected chi connectivity index (χ3v) is 3.41. The van der Waals surface area contributed by atoms with Gasteiger partial charge in [-0.15, -0.1) is 0 Å². The average Bonchev–Trinajstić information content (AvgIpc) is 2.50. The van der Waals surface area contributed by atoms with Gasteiger partial charge in [-0.1, -0.05) is 78.9 Å². The first-order valence-electron chi connectivity index (χ1n) is 6.97. The summed E-state index contributed by atoms with van der Waals surface area (Å²) in [5.74, 6) is 0. The van der Waals surface area contributed by atoms with E-state index in [-0.39, 0.29) is 0 Å².